The minimum absolute atomic E-state index is 0.523. The van der Waals surface area contributed by atoms with Crippen LogP contribution in [0.15, 0.2) is 66.9 Å². The number of imidazole rings is 1. The minimum Gasteiger partial charge on any atom is -0.234 e. The molecule has 0 saturated heterocycles. The topological polar surface area (TPSA) is 8.81 Å². The van der Waals surface area contributed by atoms with Gasteiger partial charge in [0.2, 0.25) is 0 Å². The fourth-order valence-electron chi connectivity index (χ4n) is 4.11. The Morgan fingerprint density at radius 3 is 2.21 bits per heavy atom. The van der Waals surface area contributed by atoms with Crippen LogP contribution in [-0.2, 0) is 25.9 Å². The van der Waals surface area contributed by atoms with Gasteiger partial charge in [0, 0.05) is 6.42 Å². The molecule has 3 aromatic rings. The Labute approximate surface area is 170 Å². The van der Waals surface area contributed by atoms with E-state index in [1.807, 2.05) is 0 Å². The average Bonchev–Trinajstić information content (AvgIpc) is 3.05. The van der Waals surface area contributed by atoms with E-state index in [0.29, 0.717) is 5.92 Å². The first-order chi connectivity index (χ1) is 13.7. The van der Waals surface area contributed by atoms with Crippen LogP contribution in [-0.4, -0.2) is 4.57 Å². The van der Waals surface area contributed by atoms with Gasteiger partial charge in [-0.15, -0.1) is 0 Å². The van der Waals surface area contributed by atoms with Crippen LogP contribution < -0.4 is 4.57 Å². The highest BCUT2D eigenvalue weighted by atomic mass is 15.2. The number of unbranched alkanes of at least 4 members (excludes halogenated alkanes) is 2. The molecule has 1 unspecified atom stereocenters. The number of aryl methyl sites for hydroxylation is 1. The normalized spacial score (nSPS) is 12.2. The van der Waals surface area contributed by atoms with Crippen molar-refractivity contribution >= 4 is 0 Å². The molecule has 0 aliphatic carbocycles. The van der Waals surface area contributed by atoms with E-state index < -0.39 is 0 Å². The smallest absolute Gasteiger partial charge is 0.234 e. The second-order valence-electron chi connectivity index (χ2n) is 7.86. The number of hydrogen-bond donors (Lipinski definition) is 0. The fraction of sp³-hybridized carbons (Fsp3) is 0.423. The molecular formula is C26H35N2+. The van der Waals surface area contributed by atoms with E-state index in [9.17, 15) is 0 Å². The molecule has 28 heavy (non-hydrogen) atoms. The summed E-state index contributed by atoms with van der Waals surface area (Å²) in [6.45, 7) is 9.05. The summed E-state index contributed by atoms with van der Waals surface area (Å²) in [5, 5.41) is 0. The van der Waals surface area contributed by atoms with Crippen molar-refractivity contribution in [1.29, 1.82) is 0 Å². The van der Waals surface area contributed by atoms with Crippen molar-refractivity contribution < 1.29 is 4.57 Å². The molecule has 148 valence electrons. The van der Waals surface area contributed by atoms with E-state index in [-0.39, 0.29) is 0 Å². The number of hydrogen-bond acceptors (Lipinski definition) is 0. The largest absolute Gasteiger partial charge is 0.261 e. The third-order valence-corrected chi connectivity index (χ3v) is 5.70. The molecule has 0 fully saturated rings. The molecular weight excluding hydrogens is 340 g/mol. The Kier molecular flexibility index (Phi) is 7.47. The molecule has 0 spiro atoms. The van der Waals surface area contributed by atoms with Crippen molar-refractivity contribution in [2.24, 2.45) is 0 Å². The van der Waals surface area contributed by atoms with Gasteiger partial charge in [0.1, 0.15) is 11.9 Å². The van der Waals surface area contributed by atoms with Crippen LogP contribution in [0.3, 0.4) is 0 Å². The Hall–Kier alpha value is -2.35. The average molecular weight is 376 g/mol. The number of aromatic nitrogens is 2. The molecule has 2 heteroatoms. The van der Waals surface area contributed by atoms with Gasteiger partial charge in [-0.25, -0.2) is 9.13 Å². The van der Waals surface area contributed by atoms with Gasteiger partial charge >= 0.3 is 0 Å². The molecule has 1 atom stereocenters. The Morgan fingerprint density at radius 2 is 1.57 bits per heavy atom. The summed E-state index contributed by atoms with van der Waals surface area (Å²) >= 11 is 0. The third kappa shape index (κ3) is 5.13. The van der Waals surface area contributed by atoms with Crippen LogP contribution in [0.25, 0.3) is 0 Å². The summed E-state index contributed by atoms with van der Waals surface area (Å²) < 4.78 is 5.08. The molecule has 0 aliphatic rings. The second-order valence-corrected chi connectivity index (χ2v) is 7.86. The third-order valence-electron chi connectivity index (χ3n) is 5.70. The molecule has 2 nitrogen and oxygen atoms in total. The standard InChI is InChI=1S/C26H35N2/c1-4-6-13-18-27-21-25(19-22(3)24-16-11-8-12-17-24)28(5-2)26(27)20-23-14-9-7-10-15-23/h7-12,14-17,21-22H,4-6,13,18-20H2,1-3H3/q+1. The maximum Gasteiger partial charge on any atom is 0.261 e. The monoisotopic (exact) mass is 375 g/mol. The van der Waals surface area contributed by atoms with Gasteiger partial charge in [0.15, 0.2) is 0 Å². The summed E-state index contributed by atoms with van der Waals surface area (Å²) in [4.78, 5) is 0. The Balaban J connectivity index is 1.89. The highest BCUT2D eigenvalue weighted by molar-refractivity contribution is 5.22. The van der Waals surface area contributed by atoms with Gasteiger partial charge in [-0.2, -0.15) is 0 Å². The predicted octanol–water partition coefficient (Wildman–Crippen LogP) is 5.92. The van der Waals surface area contributed by atoms with Crippen molar-refractivity contribution in [3.63, 3.8) is 0 Å². The van der Waals surface area contributed by atoms with E-state index in [2.05, 4.69) is 96.8 Å². The summed E-state index contributed by atoms with van der Waals surface area (Å²) in [6, 6.07) is 21.8. The van der Waals surface area contributed by atoms with Crippen molar-refractivity contribution in [3.8, 4) is 0 Å². The SMILES string of the molecule is CCCCC[n+]1cc(CC(C)c2ccccc2)n(CC)c1Cc1ccccc1. The van der Waals surface area contributed by atoms with Gasteiger partial charge < -0.3 is 0 Å². The molecule has 0 saturated carbocycles. The molecule has 0 N–H and O–H groups in total. The second kappa shape index (κ2) is 10.3. The number of benzene rings is 2. The predicted molar refractivity (Wildman–Crippen MR) is 118 cm³/mol. The Bertz CT molecular complexity index is 834. The van der Waals surface area contributed by atoms with Crippen molar-refractivity contribution in [1.82, 2.24) is 4.57 Å². The number of rotatable bonds is 10. The fourth-order valence-corrected chi connectivity index (χ4v) is 4.11. The molecule has 0 amide bonds. The molecule has 0 aliphatic heterocycles. The Morgan fingerprint density at radius 1 is 0.893 bits per heavy atom. The highest BCUT2D eigenvalue weighted by Gasteiger charge is 2.24. The van der Waals surface area contributed by atoms with Crippen LogP contribution in [0, 0.1) is 0 Å². The summed E-state index contributed by atoms with van der Waals surface area (Å²) in [5.74, 6) is 1.97. The molecule has 0 bridgehead atoms. The van der Waals surface area contributed by atoms with E-state index in [1.165, 1.54) is 41.9 Å². The van der Waals surface area contributed by atoms with E-state index in [0.717, 1.165) is 25.9 Å². The van der Waals surface area contributed by atoms with Crippen LogP contribution in [0.1, 0.15) is 68.6 Å². The minimum atomic E-state index is 0.523. The van der Waals surface area contributed by atoms with Gasteiger partial charge in [-0.05, 0) is 36.8 Å². The lowest BCUT2D eigenvalue weighted by Gasteiger charge is -2.11. The summed E-state index contributed by atoms with van der Waals surface area (Å²) in [6.07, 6.45) is 8.33. The van der Waals surface area contributed by atoms with Gasteiger partial charge in [0.05, 0.1) is 19.5 Å². The van der Waals surface area contributed by atoms with Crippen molar-refractivity contribution in [2.75, 3.05) is 0 Å². The first-order valence-electron chi connectivity index (χ1n) is 10.9. The lowest BCUT2D eigenvalue weighted by molar-refractivity contribution is -0.704. The zero-order valence-electron chi connectivity index (χ0n) is 17.8. The van der Waals surface area contributed by atoms with Gasteiger partial charge in [-0.3, -0.25) is 0 Å². The molecule has 0 radical (unpaired) electrons. The van der Waals surface area contributed by atoms with Crippen LogP contribution in [0.2, 0.25) is 0 Å². The van der Waals surface area contributed by atoms with Crippen LogP contribution in [0.4, 0.5) is 0 Å². The van der Waals surface area contributed by atoms with Crippen LogP contribution in [0.5, 0.6) is 0 Å². The summed E-state index contributed by atoms with van der Waals surface area (Å²) in [5.41, 5.74) is 4.27. The maximum absolute atomic E-state index is 2.55. The summed E-state index contributed by atoms with van der Waals surface area (Å²) in [7, 11) is 0. The lowest BCUT2D eigenvalue weighted by Crippen LogP contribution is -2.37. The first kappa shape index (κ1) is 20.4. The van der Waals surface area contributed by atoms with Crippen LogP contribution >= 0.6 is 0 Å². The molecule has 1 aromatic heterocycles. The number of nitrogens with zero attached hydrogens (tertiary/aromatic N) is 2. The lowest BCUT2D eigenvalue weighted by atomic mass is 9.96. The van der Waals surface area contributed by atoms with Gasteiger partial charge in [0.25, 0.3) is 5.82 Å². The van der Waals surface area contributed by atoms with E-state index in [4.69, 9.17) is 0 Å². The highest BCUT2D eigenvalue weighted by Crippen LogP contribution is 2.21. The zero-order chi connectivity index (χ0) is 19.8. The van der Waals surface area contributed by atoms with Crippen molar-refractivity contribution in [2.45, 2.75) is 71.9 Å². The van der Waals surface area contributed by atoms with E-state index >= 15 is 0 Å². The first-order valence-corrected chi connectivity index (χ1v) is 10.9. The quantitative estimate of drug-likeness (QED) is 0.307. The zero-order valence-corrected chi connectivity index (χ0v) is 17.8. The molecule has 3 rings (SSSR count). The molecule has 1 heterocycles. The maximum atomic E-state index is 2.55. The molecule has 2 aromatic carbocycles. The van der Waals surface area contributed by atoms with E-state index in [1.54, 1.807) is 0 Å². The van der Waals surface area contributed by atoms with Gasteiger partial charge in [-0.1, -0.05) is 80.9 Å². The van der Waals surface area contributed by atoms with Crippen molar-refractivity contribution in [3.05, 3.63) is 89.5 Å².